The Balaban J connectivity index is 2.38. The fraction of sp³-hybridized carbons (Fsp3) is 0.727. The first-order valence-electron chi connectivity index (χ1n) is 11.4. The van der Waals surface area contributed by atoms with E-state index < -0.39 is 7.52 Å². The molecule has 0 aromatic carbocycles. The second kappa shape index (κ2) is 16.1. The molecule has 0 amide bonds. The number of unbranched alkanes of at least 4 members (excludes halogenated alkanes) is 7. The molecule has 1 unspecified atom stereocenters. The van der Waals surface area contributed by atoms with E-state index >= 15 is 0 Å². The molecule has 1 aliphatic carbocycles. The summed E-state index contributed by atoms with van der Waals surface area (Å²) in [5, 5.41) is 3.19. The van der Waals surface area contributed by atoms with Gasteiger partial charge in [0.05, 0.1) is 19.4 Å². The molecular formula is C22H40N3O5P. The van der Waals surface area contributed by atoms with Gasteiger partial charge in [-0.3, -0.25) is 4.57 Å². The third-order valence-corrected chi connectivity index (χ3v) is 6.31. The van der Waals surface area contributed by atoms with Crippen molar-refractivity contribution < 1.29 is 18.9 Å². The van der Waals surface area contributed by atoms with Crippen LogP contribution in [-0.2, 0) is 14.0 Å². The first kappa shape index (κ1) is 27.4. The highest BCUT2D eigenvalue weighted by molar-refractivity contribution is 7.56. The van der Waals surface area contributed by atoms with Gasteiger partial charge in [0.15, 0.2) is 5.76 Å². The van der Waals surface area contributed by atoms with Crippen LogP contribution in [0.25, 0.3) is 0 Å². The minimum Gasteiger partial charge on any atom is -0.497 e. The maximum absolute atomic E-state index is 11.2. The van der Waals surface area contributed by atoms with Crippen LogP contribution in [0.15, 0.2) is 39.9 Å². The SMILES string of the molecule is CCCCCCCCCCOC1=C(OC)CC=C(CNCCCP(=O)(O)N=O)C=C1N. The molecule has 0 fully saturated rings. The highest BCUT2D eigenvalue weighted by Gasteiger charge is 2.18. The molecule has 178 valence electrons. The molecule has 1 rings (SSSR count). The van der Waals surface area contributed by atoms with Crippen LogP contribution < -0.4 is 11.1 Å². The van der Waals surface area contributed by atoms with Crippen LogP contribution >= 0.6 is 7.52 Å². The number of hydrogen-bond acceptors (Lipinski definition) is 6. The monoisotopic (exact) mass is 457 g/mol. The van der Waals surface area contributed by atoms with Gasteiger partial charge in [-0.15, -0.1) is 4.91 Å². The molecule has 31 heavy (non-hydrogen) atoms. The number of ether oxygens (including phenoxy) is 2. The van der Waals surface area contributed by atoms with E-state index in [0.29, 0.717) is 49.8 Å². The van der Waals surface area contributed by atoms with Gasteiger partial charge in [0.25, 0.3) is 0 Å². The lowest BCUT2D eigenvalue weighted by molar-refractivity contribution is 0.176. The zero-order chi connectivity index (χ0) is 23.0. The number of nitrogens with zero attached hydrogens (tertiary/aromatic N) is 1. The lowest BCUT2D eigenvalue weighted by atomic mass is 10.1. The van der Waals surface area contributed by atoms with Crippen LogP contribution in [0.4, 0.5) is 0 Å². The summed E-state index contributed by atoms with van der Waals surface area (Å²) in [6.07, 6.45) is 14.7. The molecule has 0 saturated carbocycles. The quantitative estimate of drug-likeness (QED) is 0.148. The van der Waals surface area contributed by atoms with Crippen molar-refractivity contribution in [3.63, 3.8) is 0 Å². The Hall–Kier alpha value is -1.63. The molecule has 0 spiro atoms. The van der Waals surface area contributed by atoms with E-state index in [0.717, 1.165) is 18.4 Å². The van der Waals surface area contributed by atoms with Gasteiger partial charge in [-0.1, -0.05) is 57.9 Å². The van der Waals surface area contributed by atoms with Crippen LogP contribution in [0.3, 0.4) is 0 Å². The van der Waals surface area contributed by atoms with Crippen LogP contribution in [0.5, 0.6) is 0 Å². The molecule has 0 aromatic rings. The Morgan fingerprint density at radius 1 is 1.16 bits per heavy atom. The van der Waals surface area contributed by atoms with Gasteiger partial charge in [-0.25, -0.2) is 0 Å². The molecule has 0 aromatic heterocycles. The standard InChI is InChI=1S/C22H40N3O5P/c1-3-4-5-6-7-8-9-10-15-30-22-20(23)17-19(12-13-21(22)29-2)18-24-14-11-16-31(27,28)25-26/h12,17,24H,3-11,13-16,18,23H2,1-2H3,(H,27,28). The van der Waals surface area contributed by atoms with Crippen molar-refractivity contribution in [3.8, 4) is 0 Å². The average molecular weight is 458 g/mol. The third kappa shape index (κ3) is 12.1. The maximum atomic E-state index is 11.2. The highest BCUT2D eigenvalue weighted by atomic mass is 31.2. The predicted molar refractivity (Wildman–Crippen MR) is 126 cm³/mol. The number of hydrogen-bond donors (Lipinski definition) is 3. The minimum atomic E-state index is -3.87. The lowest BCUT2D eigenvalue weighted by Crippen LogP contribution is -2.19. The summed E-state index contributed by atoms with van der Waals surface area (Å²) in [5.41, 5.74) is 7.78. The molecular weight excluding hydrogens is 417 g/mol. The van der Waals surface area contributed by atoms with Crippen molar-refractivity contribution in [1.82, 2.24) is 5.32 Å². The molecule has 0 saturated heterocycles. The van der Waals surface area contributed by atoms with Gasteiger partial charge in [0, 0.05) is 24.1 Å². The summed E-state index contributed by atoms with van der Waals surface area (Å²) in [6.45, 7) is 3.89. The molecule has 1 atom stereocenters. The van der Waals surface area contributed by atoms with Crippen LogP contribution in [0.2, 0.25) is 0 Å². The average Bonchev–Trinajstić information content (AvgIpc) is 2.90. The second-order valence-electron chi connectivity index (χ2n) is 7.86. The number of rotatable bonds is 18. The summed E-state index contributed by atoms with van der Waals surface area (Å²) in [4.78, 5) is 21.7. The number of allylic oxidation sites excluding steroid dienone is 1. The van der Waals surface area contributed by atoms with Gasteiger partial charge in [0.1, 0.15) is 5.76 Å². The molecule has 1 aliphatic rings. The summed E-state index contributed by atoms with van der Waals surface area (Å²) in [7, 11) is -2.25. The van der Waals surface area contributed by atoms with Gasteiger partial charge in [-0.2, -0.15) is 0 Å². The smallest absolute Gasteiger partial charge is 0.350 e. The van der Waals surface area contributed by atoms with Gasteiger partial charge < -0.3 is 25.4 Å². The summed E-state index contributed by atoms with van der Waals surface area (Å²) in [6, 6.07) is 0. The molecule has 0 aliphatic heterocycles. The normalized spacial score (nSPS) is 16.2. The Morgan fingerprint density at radius 2 is 1.84 bits per heavy atom. The first-order valence-corrected chi connectivity index (χ1v) is 13.2. The fourth-order valence-electron chi connectivity index (χ4n) is 3.36. The van der Waals surface area contributed by atoms with E-state index in [1.165, 1.54) is 38.5 Å². The van der Waals surface area contributed by atoms with Crippen LogP contribution in [0, 0.1) is 4.91 Å². The molecule has 8 nitrogen and oxygen atoms in total. The summed E-state index contributed by atoms with van der Waals surface area (Å²) < 4.78 is 22.7. The van der Waals surface area contributed by atoms with Crippen LogP contribution in [-0.4, -0.2) is 37.9 Å². The predicted octanol–water partition coefficient (Wildman–Crippen LogP) is 5.11. The molecule has 9 heteroatoms. The molecule has 0 bridgehead atoms. The number of methoxy groups -OCH3 is 1. The van der Waals surface area contributed by atoms with Gasteiger partial charge in [0.2, 0.25) is 0 Å². The van der Waals surface area contributed by atoms with Crippen molar-refractivity contribution >= 4 is 7.52 Å². The second-order valence-corrected chi connectivity index (χ2v) is 9.80. The number of nitrogens with two attached hydrogens (primary N) is 1. The van der Waals surface area contributed by atoms with E-state index in [2.05, 4.69) is 17.2 Å². The Kier molecular flexibility index (Phi) is 14.2. The minimum absolute atomic E-state index is 0.118. The maximum Gasteiger partial charge on any atom is 0.350 e. The molecule has 0 radical (unpaired) electrons. The van der Waals surface area contributed by atoms with E-state index in [-0.39, 0.29) is 6.16 Å². The lowest BCUT2D eigenvalue weighted by Gasteiger charge is -2.14. The number of nitroso groups, excluding NO2 is 1. The third-order valence-electron chi connectivity index (χ3n) is 5.16. The molecule has 0 heterocycles. The van der Waals surface area contributed by atoms with Gasteiger partial charge in [-0.05, 0) is 31.0 Å². The van der Waals surface area contributed by atoms with Crippen LogP contribution in [0.1, 0.15) is 71.1 Å². The summed E-state index contributed by atoms with van der Waals surface area (Å²) >= 11 is 0. The fourth-order valence-corrected chi connectivity index (χ4v) is 4.01. The summed E-state index contributed by atoms with van der Waals surface area (Å²) in [5.74, 6) is 1.32. The highest BCUT2D eigenvalue weighted by Crippen LogP contribution is 2.41. The van der Waals surface area contributed by atoms with Crippen molar-refractivity contribution in [1.29, 1.82) is 0 Å². The Labute approximate surface area is 186 Å². The van der Waals surface area contributed by atoms with E-state index in [9.17, 15) is 9.47 Å². The Bertz CT molecular complexity index is 676. The van der Waals surface area contributed by atoms with E-state index in [1.54, 1.807) is 7.11 Å². The van der Waals surface area contributed by atoms with Crippen molar-refractivity contribution in [3.05, 3.63) is 39.8 Å². The topological polar surface area (TPSA) is 123 Å². The largest absolute Gasteiger partial charge is 0.497 e. The van der Waals surface area contributed by atoms with Crippen molar-refractivity contribution in [2.75, 3.05) is 33.0 Å². The zero-order valence-electron chi connectivity index (χ0n) is 19.1. The zero-order valence-corrected chi connectivity index (χ0v) is 20.0. The van der Waals surface area contributed by atoms with Crippen molar-refractivity contribution in [2.45, 2.75) is 71.1 Å². The Morgan fingerprint density at radius 3 is 2.48 bits per heavy atom. The van der Waals surface area contributed by atoms with Gasteiger partial charge >= 0.3 is 7.52 Å². The molecule has 4 N–H and O–H groups in total. The number of nitrogens with one attached hydrogen (secondary N) is 1. The first-order chi connectivity index (χ1) is 14.9. The van der Waals surface area contributed by atoms with E-state index in [4.69, 9.17) is 20.1 Å². The van der Waals surface area contributed by atoms with E-state index in [1.807, 2.05) is 12.2 Å². The van der Waals surface area contributed by atoms with Crippen molar-refractivity contribution in [2.24, 2.45) is 10.7 Å².